The quantitative estimate of drug-likeness (QED) is 0.297. The number of carbonyl (C=O) groups excluding carboxylic acids is 1. The molecule has 1 fully saturated rings. The molecule has 1 aliphatic rings. The molecule has 1 aromatic heterocycles. The minimum Gasteiger partial charge on any atom is -0.457 e. The summed E-state index contributed by atoms with van der Waals surface area (Å²) >= 11 is 0. The first kappa shape index (κ1) is 26.1. The maximum atomic E-state index is 12.6. The van der Waals surface area contributed by atoms with E-state index < -0.39 is 0 Å². The topological polar surface area (TPSA) is 116 Å². The zero-order valence-electron chi connectivity index (χ0n) is 21.7. The average molecular weight is 526 g/mol. The second kappa shape index (κ2) is 12.3. The number of amides is 1. The van der Waals surface area contributed by atoms with Crippen LogP contribution in [-0.2, 0) is 0 Å². The highest BCUT2D eigenvalue weighted by atomic mass is 16.5. The van der Waals surface area contributed by atoms with E-state index in [-0.39, 0.29) is 12.5 Å². The van der Waals surface area contributed by atoms with Crippen LogP contribution in [0, 0.1) is 6.92 Å². The smallest absolute Gasteiger partial charge is 0.255 e. The average Bonchev–Trinajstić information content (AvgIpc) is 2.95. The van der Waals surface area contributed by atoms with Gasteiger partial charge in [-0.15, -0.1) is 0 Å². The summed E-state index contributed by atoms with van der Waals surface area (Å²) in [6.07, 6.45) is 0. The SMILES string of the molecule is Cc1nc(Nc2ccc(Oc3cccc(C(=O)Nc4ccccc4)c3)cc2)nc(N2CCN(CCO)CC2)n1. The lowest BCUT2D eigenvalue weighted by Crippen LogP contribution is -2.47. The van der Waals surface area contributed by atoms with Crippen LogP contribution in [0.4, 0.5) is 23.3 Å². The molecule has 39 heavy (non-hydrogen) atoms. The molecule has 10 nitrogen and oxygen atoms in total. The first-order valence-corrected chi connectivity index (χ1v) is 12.9. The van der Waals surface area contributed by atoms with Crippen LogP contribution < -0.4 is 20.3 Å². The Kier molecular flexibility index (Phi) is 8.25. The number of aromatic nitrogens is 3. The van der Waals surface area contributed by atoms with Crippen LogP contribution in [0.1, 0.15) is 16.2 Å². The van der Waals surface area contributed by atoms with E-state index >= 15 is 0 Å². The summed E-state index contributed by atoms with van der Waals surface area (Å²) in [5.41, 5.74) is 2.05. The zero-order valence-corrected chi connectivity index (χ0v) is 21.7. The van der Waals surface area contributed by atoms with Gasteiger partial charge >= 0.3 is 0 Å². The van der Waals surface area contributed by atoms with Gasteiger partial charge in [0.2, 0.25) is 11.9 Å². The standard InChI is InChI=1S/C29H31N7O3/c1-21-30-28(34-29(31-21)36-16-14-35(15-17-36)18-19-37)33-24-10-12-25(13-11-24)39-26-9-5-6-22(20-26)27(38)32-23-7-3-2-4-8-23/h2-13,20,37H,14-19H2,1H3,(H,32,38)(H,30,31,33,34). The van der Waals surface area contributed by atoms with Gasteiger partial charge in [0.05, 0.1) is 6.61 Å². The summed E-state index contributed by atoms with van der Waals surface area (Å²) in [4.78, 5) is 30.6. The molecule has 2 heterocycles. The molecule has 1 amide bonds. The molecule has 3 aromatic carbocycles. The predicted octanol–water partition coefficient (Wildman–Crippen LogP) is 4.08. The fourth-order valence-corrected chi connectivity index (χ4v) is 4.27. The molecule has 0 spiro atoms. The summed E-state index contributed by atoms with van der Waals surface area (Å²) < 4.78 is 5.99. The second-order valence-corrected chi connectivity index (χ2v) is 9.16. The number of ether oxygens (including phenoxy) is 1. The van der Waals surface area contributed by atoms with Crippen molar-refractivity contribution < 1.29 is 14.6 Å². The molecule has 1 aliphatic heterocycles. The Morgan fingerprint density at radius 2 is 1.64 bits per heavy atom. The van der Waals surface area contributed by atoms with Gasteiger partial charge in [-0.2, -0.15) is 15.0 Å². The predicted molar refractivity (Wildman–Crippen MR) is 151 cm³/mol. The Labute approximate surface area is 227 Å². The fraction of sp³-hybridized carbons (Fsp3) is 0.241. The summed E-state index contributed by atoms with van der Waals surface area (Å²) in [6, 6.07) is 23.8. The van der Waals surface area contributed by atoms with Crippen molar-refractivity contribution in [1.29, 1.82) is 0 Å². The highest BCUT2D eigenvalue weighted by molar-refractivity contribution is 6.04. The molecular weight excluding hydrogens is 494 g/mol. The molecule has 0 radical (unpaired) electrons. The molecule has 3 N–H and O–H groups in total. The van der Waals surface area contributed by atoms with Crippen LogP contribution in [-0.4, -0.2) is 70.2 Å². The zero-order chi connectivity index (χ0) is 27.0. The van der Waals surface area contributed by atoms with E-state index in [0.717, 1.165) is 37.6 Å². The number of carbonyl (C=O) groups is 1. The molecule has 1 saturated heterocycles. The molecule has 200 valence electrons. The minimum absolute atomic E-state index is 0.168. The van der Waals surface area contributed by atoms with Gasteiger partial charge in [-0.25, -0.2) is 0 Å². The lowest BCUT2D eigenvalue weighted by Gasteiger charge is -2.34. The lowest BCUT2D eigenvalue weighted by molar-refractivity contribution is 0.102. The van der Waals surface area contributed by atoms with Crippen molar-refractivity contribution in [2.45, 2.75) is 6.92 Å². The van der Waals surface area contributed by atoms with E-state index in [1.807, 2.05) is 67.6 Å². The van der Waals surface area contributed by atoms with Gasteiger partial charge in [0, 0.05) is 49.7 Å². The highest BCUT2D eigenvalue weighted by Gasteiger charge is 2.19. The molecule has 5 rings (SSSR count). The summed E-state index contributed by atoms with van der Waals surface area (Å²) in [5, 5.41) is 15.3. The number of aryl methyl sites for hydroxylation is 1. The summed E-state index contributed by atoms with van der Waals surface area (Å²) in [7, 11) is 0. The number of β-amino-alcohol motifs (C(OH)–C–C–N with tert-alkyl or cyclic N) is 1. The highest BCUT2D eigenvalue weighted by Crippen LogP contribution is 2.25. The van der Waals surface area contributed by atoms with Crippen LogP contribution in [0.3, 0.4) is 0 Å². The number of piperazine rings is 1. The Morgan fingerprint density at radius 1 is 0.872 bits per heavy atom. The largest absolute Gasteiger partial charge is 0.457 e. The molecule has 0 unspecified atom stereocenters. The number of benzene rings is 3. The molecule has 0 saturated carbocycles. The van der Waals surface area contributed by atoms with Crippen LogP contribution in [0.15, 0.2) is 78.9 Å². The van der Waals surface area contributed by atoms with Crippen molar-refractivity contribution in [3.63, 3.8) is 0 Å². The Balaban J connectivity index is 1.20. The number of nitrogens with zero attached hydrogens (tertiary/aromatic N) is 5. The third-order valence-corrected chi connectivity index (χ3v) is 6.28. The number of anilines is 4. The first-order chi connectivity index (χ1) is 19.1. The van der Waals surface area contributed by atoms with E-state index in [9.17, 15) is 4.79 Å². The van der Waals surface area contributed by atoms with Gasteiger partial charge in [-0.05, 0) is 61.5 Å². The van der Waals surface area contributed by atoms with E-state index in [1.165, 1.54) is 0 Å². The van der Waals surface area contributed by atoms with Crippen molar-refractivity contribution in [2.75, 3.05) is 54.9 Å². The van der Waals surface area contributed by atoms with Crippen molar-refractivity contribution >= 4 is 29.2 Å². The van der Waals surface area contributed by atoms with Crippen LogP contribution >= 0.6 is 0 Å². The normalized spacial score (nSPS) is 13.6. The maximum Gasteiger partial charge on any atom is 0.255 e. The first-order valence-electron chi connectivity index (χ1n) is 12.9. The van der Waals surface area contributed by atoms with Gasteiger partial charge in [0.15, 0.2) is 0 Å². The van der Waals surface area contributed by atoms with Gasteiger partial charge < -0.3 is 25.4 Å². The lowest BCUT2D eigenvalue weighted by atomic mass is 10.2. The third kappa shape index (κ3) is 7.07. The monoisotopic (exact) mass is 525 g/mol. The van der Waals surface area contributed by atoms with Crippen molar-refractivity contribution in [3.05, 3.63) is 90.3 Å². The molecule has 4 aromatic rings. The molecule has 0 bridgehead atoms. The number of aliphatic hydroxyl groups excluding tert-OH is 1. The molecule has 10 heteroatoms. The second-order valence-electron chi connectivity index (χ2n) is 9.16. The van der Waals surface area contributed by atoms with Crippen molar-refractivity contribution in [1.82, 2.24) is 19.9 Å². The summed E-state index contributed by atoms with van der Waals surface area (Å²) in [5.74, 6) is 2.75. The summed E-state index contributed by atoms with van der Waals surface area (Å²) in [6.45, 7) is 6.01. The van der Waals surface area contributed by atoms with Crippen molar-refractivity contribution in [3.8, 4) is 11.5 Å². The van der Waals surface area contributed by atoms with Crippen molar-refractivity contribution in [2.24, 2.45) is 0 Å². The number of para-hydroxylation sites is 1. The Bertz CT molecular complexity index is 1390. The molecule has 0 atom stereocenters. The van der Waals surface area contributed by atoms with Crippen LogP contribution in [0.5, 0.6) is 11.5 Å². The maximum absolute atomic E-state index is 12.6. The van der Waals surface area contributed by atoms with E-state index in [4.69, 9.17) is 9.84 Å². The number of aliphatic hydroxyl groups is 1. The Hall–Kier alpha value is -4.54. The fourth-order valence-electron chi connectivity index (χ4n) is 4.27. The van der Waals surface area contributed by atoms with Gasteiger partial charge in [-0.3, -0.25) is 9.69 Å². The minimum atomic E-state index is -0.203. The number of rotatable bonds is 9. The van der Waals surface area contributed by atoms with Crippen LogP contribution in [0.2, 0.25) is 0 Å². The van der Waals surface area contributed by atoms with Gasteiger partial charge in [-0.1, -0.05) is 24.3 Å². The van der Waals surface area contributed by atoms with E-state index in [2.05, 4.69) is 35.4 Å². The van der Waals surface area contributed by atoms with Gasteiger partial charge in [0.25, 0.3) is 5.91 Å². The van der Waals surface area contributed by atoms with Gasteiger partial charge in [0.1, 0.15) is 17.3 Å². The van der Waals surface area contributed by atoms with E-state index in [0.29, 0.717) is 41.3 Å². The molecule has 0 aliphatic carbocycles. The number of hydrogen-bond acceptors (Lipinski definition) is 9. The molecular formula is C29H31N7O3. The Morgan fingerprint density at radius 3 is 2.38 bits per heavy atom. The van der Waals surface area contributed by atoms with E-state index in [1.54, 1.807) is 18.2 Å². The third-order valence-electron chi connectivity index (χ3n) is 6.28. The van der Waals surface area contributed by atoms with Crippen LogP contribution in [0.25, 0.3) is 0 Å². The number of hydrogen-bond donors (Lipinski definition) is 3. The number of nitrogens with one attached hydrogen (secondary N) is 2.